The van der Waals surface area contributed by atoms with Crippen LogP contribution in [0.1, 0.15) is 38.3 Å². The number of amides is 2. The van der Waals surface area contributed by atoms with E-state index in [9.17, 15) is 19.5 Å². The average molecular weight is 394 g/mol. The van der Waals surface area contributed by atoms with Gasteiger partial charge in [0.15, 0.2) is 0 Å². The van der Waals surface area contributed by atoms with Crippen molar-refractivity contribution < 1.29 is 29.0 Å². The molecule has 0 aliphatic heterocycles. The molecule has 0 heterocycles. The van der Waals surface area contributed by atoms with Gasteiger partial charge in [0.2, 0.25) is 11.8 Å². The van der Waals surface area contributed by atoms with Gasteiger partial charge in [-0.3, -0.25) is 9.59 Å². The van der Waals surface area contributed by atoms with Crippen LogP contribution in [-0.2, 0) is 25.5 Å². The molecule has 0 saturated heterocycles. The maximum Gasteiger partial charge on any atom is 0.328 e. The molecule has 1 aromatic carbocycles. The number of methoxy groups -OCH3 is 2. The number of aliphatic hydroxyl groups is 1. The molecule has 2 atom stereocenters. The summed E-state index contributed by atoms with van der Waals surface area (Å²) in [6, 6.07) is 3.69. The number of hydrogen-bond donors (Lipinski definition) is 3. The lowest BCUT2D eigenvalue weighted by Crippen LogP contribution is -2.51. The van der Waals surface area contributed by atoms with Crippen LogP contribution in [-0.4, -0.2) is 54.8 Å². The molecule has 3 N–H and O–H groups in total. The lowest BCUT2D eigenvalue weighted by atomic mass is 10.0. The van der Waals surface area contributed by atoms with Gasteiger partial charge in [-0.2, -0.15) is 0 Å². The number of aryl methyl sites for hydroxylation is 1. The molecule has 0 saturated carbocycles. The summed E-state index contributed by atoms with van der Waals surface area (Å²) in [6.45, 7) is 6.39. The van der Waals surface area contributed by atoms with Crippen LogP contribution in [0.3, 0.4) is 0 Å². The van der Waals surface area contributed by atoms with Crippen LogP contribution in [0.5, 0.6) is 5.75 Å². The summed E-state index contributed by atoms with van der Waals surface area (Å²) in [7, 11) is 2.82. The van der Waals surface area contributed by atoms with E-state index < -0.39 is 35.5 Å². The lowest BCUT2D eigenvalue weighted by Gasteiger charge is -2.22. The quantitative estimate of drug-likeness (QED) is 0.536. The van der Waals surface area contributed by atoms with Gasteiger partial charge in [-0.1, -0.05) is 12.1 Å². The number of hydrogen-bond acceptors (Lipinski definition) is 6. The molecule has 0 aliphatic carbocycles. The Bertz CT molecular complexity index is 711. The van der Waals surface area contributed by atoms with Gasteiger partial charge in [-0.05, 0) is 44.9 Å². The SMILES string of the molecule is COC(=O)[C@H](Cc1ccc(OC)c(C)c1)NC(=O)[C@@H](C)NC(=O)CC(C)(C)O. The summed E-state index contributed by atoms with van der Waals surface area (Å²) in [5.74, 6) is -0.845. The highest BCUT2D eigenvalue weighted by atomic mass is 16.5. The van der Waals surface area contributed by atoms with Gasteiger partial charge in [-0.25, -0.2) is 4.79 Å². The number of nitrogens with one attached hydrogen (secondary N) is 2. The number of benzene rings is 1. The van der Waals surface area contributed by atoms with E-state index in [1.165, 1.54) is 27.9 Å². The monoisotopic (exact) mass is 394 g/mol. The first-order valence-electron chi connectivity index (χ1n) is 9.00. The largest absolute Gasteiger partial charge is 0.496 e. The molecule has 1 aromatic rings. The molecule has 0 aliphatic rings. The van der Waals surface area contributed by atoms with Crippen molar-refractivity contribution in [2.75, 3.05) is 14.2 Å². The third-order valence-corrected chi connectivity index (χ3v) is 4.07. The summed E-state index contributed by atoms with van der Waals surface area (Å²) in [5.41, 5.74) is 0.552. The fourth-order valence-corrected chi connectivity index (χ4v) is 2.69. The minimum Gasteiger partial charge on any atom is -0.496 e. The zero-order valence-electron chi connectivity index (χ0n) is 17.3. The molecule has 0 fully saturated rings. The Morgan fingerprint density at radius 2 is 1.82 bits per heavy atom. The molecule has 156 valence electrons. The molecule has 0 aromatic heterocycles. The Morgan fingerprint density at radius 1 is 1.18 bits per heavy atom. The summed E-state index contributed by atoms with van der Waals surface area (Å²) < 4.78 is 10.0. The molecule has 1 rings (SSSR count). The zero-order valence-corrected chi connectivity index (χ0v) is 17.3. The van der Waals surface area contributed by atoms with Crippen LogP contribution in [0.15, 0.2) is 18.2 Å². The fraction of sp³-hybridized carbons (Fsp3) is 0.550. The third-order valence-electron chi connectivity index (χ3n) is 4.07. The van der Waals surface area contributed by atoms with Gasteiger partial charge in [0.1, 0.15) is 17.8 Å². The van der Waals surface area contributed by atoms with Crippen LogP contribution in [0.4, 0.5) is 0 Å². The van der Waals surface area contributed by atoms with Gasteiger partial charge in [0, 0.05) is 6.42 Å². The number of carbonyl (C=O) groups excluding carboxylic acids is 3. The van der Waals surface area contributed by atoms with E-state index in [1.807, 2.05) is 19.1 Å². The molecule has 0 spiro atoms. The lowest BCUT2D eigenvalue weighted by molar-refractivity contribution is -0.145. The zero-order chi connectivity index (χ0) is 21.5. The predicted octanol–water partition coefficient (Wildman–Crippen LogP) is 0.870. The normalized spacial score (nSPS) is 13.2. The molecular weight excluding hydrogens is 364 g/mol. The van der Waals surface area contributed by atoms with Crippen molar-refractivity contribution in [1.82, 2.24) is 10.6 Å². The van der Waals surface area contributed by atoms with Crippen LogP contribution >= 0.6 is 0 Å². The van der Waals surface area contributed by atoms with E-state index in [0.29, 0.717) is 0 Å². The second-order valence-electron chi connectivity index (χ2n) is 7.37. The smallest absolute Gasteiger partial charge is 0.328 e. The van der Waals surface area contributed by atoms with Gasteiger partial charge < -0.3 is 25.2 Å². The minimum absolute atomic E-state index is 0.143. The van der Waals surface area contributed by atoms with E-state index in [-0.39, 0.29) is 12.8 Å². The fourth-order valence-electron chi connectivity index (χ4n) is 2.69. The van der Waals surface area contributed by atoms with Crippen molar-refractivity contribution in [2.45, 2.75) is 58.2 Å². The Hall–Kier alpha value is -2.61. The molecule has 0 radical (unpaired) electrons. The van der Waals surface area contributed by atoms with Crippen molar-refractivity contribution in [1.29, 1.82) is 0 Å². The van der Waals surface area contributed by atoms with Gasteiger partial charge in [0.05, 0.1) is 26.2 Å². The highest BCUT2D eigenvalue weighted by Crippen LogP contribution is 2.19. The standard InChI is InChI=1S/C20H30N2O6/c1-12-9-14(7-8-16(12)27-5)10-15(19(25)28-6)22-18(24)13(2)21-17(23)11-20(3,4)26/h7-9,13,15,26H,10-11H2,1-6H3,(H,21,23)(H,22,24)/t13-,15+/m1/s1. The molecule has 0 unspecified atom stereocenters. The van der Waals surface area contributed by atoms with Gasteiger partial charge >= 0.3 is 5.97 Å². The Balaban J connectivity index is 2.80. The number of esters is 1. The van der Waals surface area contributed by atoms with E-state index in [4.69, 9.17) is 9.47 Å². The second-order valence-corrected chi connectivity index (χ2v) is 7.37. The summed E-state index contributed by atoms with van der Waals surface area (Å²) in [4.78, 5) is 36.4. The highest BCUT2D eigenvalue weighted by molar-refractivity contribution is 5.90. The summed E-state index contributed by atoms with van der Waals surface area (Å²) in [5, 5.41) is 14.8. The molecule has 28 heavy (non-hydrogen) atoms. The average Bonchev–Trinajstić information content (AvgIpc) is 2.58. The molecule has 8 heteroatoms. The van der Waals surface area contributed by atoms with E-state index >= 15 is 0 Å². The highest BCUT2D eigenvalue weighted by Gasteiger charge is 2.26. The maximum atomic E-state index is 12.4. The Labute approximate surface area is 165 Å². The second kappa shape index (κ2) is 10.1. The van der Waals surface area contributed by atoms with Gasteiger partial charge in [0.25, 0.3) is 0 Å². The maximum absolute atomic E-state index is 12.4. The summed E-state index contributed by atoms with van der Waals surface area (Å²) in [6.07, 6.45) is 0.0871. The van der Waals surface area contributed by atoms with E-state index in [2.05, 4.69) is 10.6 Å². The van der Waals surface area contributed by atoms with Crippen molar-refractivity contribution in [3.05, 3.63) is 29.3 Å². The first kappa shape index (κ1) is 23.4. The van der Waals surface area contributed by atoms with Crippen LogP contribution in [0, 0.1) is 6.92 Å². The van der Waals surface area contributed by atoms with Gasteiger partial charge in [-0.15, -0.1) is 0 Å². The van der Waals surface area contributed by atoms with Crippen LogP contribution in [0.2, 0.25) is 0 Å². The number of ether oxygens (including phenoxy) is 2. The van der Waals surface area contributed by atoms with Crippen molar-refractivity contribution in [3.8, 4) is 5.75 Å². The Morgan fingerprint density at radius 3 is 2.32 bits per heavy atom. The first-order valence-corrected chi connectivity index (χ1v) is 9.00. The van der Waals surface area contributed by atoms with Crippen LogP contribution in [0.25, 0.3) is 0 Å². The Kier molecular flexibility index (Phi) is 8.43. The molecule has 2 amide bonds. The topological polar surface area (TPSA) is 114 Å². The van der Waals surface area contributed by atoms with E-state index in [0.717, 1.165) is 16.9 Å². The minimum atomic E-state index is -1.18. The molecular formula is C20H30N2O6. The molecule has 0 bridgehead atoms. The molecule has 8 nitrogen and oxygen atoms in total. The van der Waals surface area contributed by atoms with E-state index in [1.54, 1.807) is 13.2 Å². The van der Waals surface area contributed by atoms with Crippen molar-refractivity contribution >= 4 is 17.8 Å². The number of rotatable bonds is 9. The first-order chi connectivity index (χ1) is 13.0. The third kappa shape index (κ3) is 7.56. The predicted molar refractivity (Wildman–Crippen MR) is 104 cm³/mol. The van der Waals surface area contributed by atoms with Crippen molar-refractivity contribution in [3.63, 3.8) is 0 Å². The van der Waals surface area contributed by atoms with Crippen molar-refractivity contribution in [2.24, 2.45) is 0 Å². The summed E-state index contributed by atoms with van der Waals surface area (Å²) >= 11 is 0. The number of carbonyl (C=O) groups is 3. The van der Waals surface area contributed by atoms with Crippen LogP contribution < -0.4 is 15.4 Å².